The number of halogens is 3. The first-order chi connectivity index (χ1) is 9.99. The molecule has 0 atom stereocenters. The van der Waals surface area contributed by atoms with E-state index in [9.17, 15) is 10.1 Å². The second kappa shape index (κ2) is 6.35. The Labute approximate surface area is 135 Å². The van der Waals surface area contributed by atoms with E-state index in [2.05, 4.69) is 15.5 Å². The van der Waals surface area contributed by atoms with E-state index in [1.165, 1.54) is 0 Å². The molecule has 21 heavy (non-hydrogen) atoms. The normalized spacial score (nSPS) is 10.2. The van der Waals surface area contributed by atoms with Gasteiger partial charge in [-0.2, -0.15) is 10.4 Å². The minimum Gasteiger partial charge on any atom is -0.310 e. The summed E-state index contributed by atoms with van der Waals surface area (Å²) in [4.78, 5) is 11.4. The molecule has 1 amide bonds. The van der Waals surface area contributed by atoms with E-state index in [1.807, 2.05) is 6.07 Å². The van der Waals surface area contributed by atoms with Crippen LogP contribution >= 0.6 is 34.8 Å². The Morgan fingerprint density at radius 3 is 2.71 bits per heavy atom. The van der Waals surface area contributed by atoms with Crippen molar-refractivity contribution in [2.24, 2.45) is 0 Å². The van der Waals surface area contributed by atoms with Gasteiger partial charge >= 0.3 is 0 Å². The average molecular weight is 344 g/mol. The molecule has 0 fully saturated rings. The predicted octanol–water partition coefficient (Wildman–Crippen LogP) is 4.26. The first-order valence-corrected chi connectivity index (χ1v) is 7.05. The summed E-state index contributed by atoms with van der Waals surface area (Å²) < 4.78 is 0. The van der Waals surface area contributed by atoms with Crippen LogP contribution in [0.1, 0.15) is 18.9 Å². The second-order valence-corrected chi connectivity index (χ2v) is 5.22. The van der Waals surface area contributed by atoms with Gasteiger partial charge in [0.25, 0.3) is 0 Å². The SMILES string of the molecule is CCC(=O)Nc1[nH]nc(-c2ccc(Cl)c(Cl)c2Cl)c1C#N. The fourth-order valence-electron chi connectivity index (χ4n) is 1.67. The Kier molecular flexibility index (Phi) is 4.73. The highest BCUT2D eigenvalue weighted by Crippen LogP contribution is 2.39. The van der Waals surface area contributed by atoms with Gasteiger partial charge in [0.15, 0.2) is 0 Å². The lowest BCUT2D eigenvalue weighted by Gasteiger charge is -2.05. The van der Waals surface area contributed by atoms with Crippen LogP contribution in [-0.4, -0.2) is 16.1 Å². The van der Waals surface area contributed by atoms with Gasteiger partial charge in [-0.15, -0.1) is 0 Å². The summed E-state index contributed by atoms with van der Waals surface area (Å²) in [6, 6.07) is 5.16. The zero-order chi connectivity index (χ0) is 15.6. The van der Waals surface area contributed by atoms with E-state index in [4.69, 9.17) is 34.8 Å². The number of hydrogen-bond acceptors (Lipinski definition) is 3. The smallest absolute Gasteiger partial charge is 0.225 e. The summed E-state index contributed by atoms with van der Waals surface area (Å²) in [6.07, 6.45) is 0.284. The lowest BCUT2D eigenvalue weighted by atomic mass is 10.1. The van der Waals surface area contributed by atoms with Crippen molar-refractivity contribution >= 4 is 46.5 Å². The van der Waals surface area contributed by atoms with Crippen molar-refractivity contribution in [3.63, 3.8) is 0 Å². The quantitative estimate of drug-likeness (QED) is 0.817. The molecule has 0 radical (unpaired) electrons. The summed E-state index contributed by atoms with van der Waals surface area (Å²) >= 11 is 18.0. The third-order valence-corrected chi connectivity index (χ3v) is 4.05. The van der Waals surface area contributed by atoms with Gasteiger partial charge in [-0.25, -0.2) is 0 Å². The summed E-state index contributed by atoms with van der Waals surface area (Å²) in [5.41, 5.74) is 0.931. The predicted molar refractivity (Wildman–Crippen MR) is 82.7 cm³/mol. The highest BCUT2D eigenvalue weighted by atomic mass is 35.5. The minimum absolute atomic E-state index is 0.178. The van der Waals surface area contributed by atoms with E-state index in [-0.39, 0.29) is 33.8 Å². The summed E-state index contributed by atoms with van der Waals surface area (Å²) in [7, 11) is 0. The molecule has 2 aromatic rings. The number of aromatic nitrogens is 2. The summed E-state index contributed by atoms with van der Waals surface area (Å²) in [6.45, 7) is 1.70. The molecule has 0 saturated heterocycles. The van der Waals surface area contributed by atoms with Crippen LogP contribution in [0.5, 0.6) is 0 Å². The molecule has 0 aliphatic heterocycles. The zero-order valence-electron chi connectivity index (χ0n) is 10.8. The molecule has 2 N–H and O–H groups in total. The Balaban J connectivity index is 2.54. The molecule has 1 aromatic carbocycles. The van der Waals surface area contributed by atoms with Crippen LogP contribution in [0.15, 0.2) is 12.1 Å². The van der Waals surface area contributed by atoms with Gasteiger partial charge in [0.05, 0.1) is 15.1 Å². The first kappa shape index (κ1) is 15.6. The van der Waals surface area contributed by atoms with Crippen molar-refractivity contribution in [3.8, 4) is 17.3 Å². The number of amides is 1. The Morgan fingerprint density at radius 2 is 2.10 bits per heavy atom. The molecular weight excluding hydrogens is 335 g/mol. The fraction of sp³-hybridized carbons (Fsp3) is 0.154. The number of nitrogens with one attached hydrogen (secondary N) is 2. The minimum atomic E-state index is -0.234. The molecular formula is C13H9Cl3N4O. The molecule has 0 aliphatic carbocycles. The highest BCUT2D eigenvalue weighted by molar-refractivity contribution is 6.49. The molecule has 0 bridgehead atoms. The van der Waals surface area contributed by atoms with Crippen molar-refractivity contribution in [1.82, 2.24) is 10.2 Å². The zero-order valence-corrected chi connectivity index (χ0v) is 13.1. The summed E-state index contributed by atoms with van der Waals surface area (Å²) in [5, 5.41) is 19.2. The van der Waals surface area contributed by atoms with Crippen molar-refractivity contribution in [2.45, 2.75) is 13.3 Å². The number of rotatable bonds is 3. The van der Waals surface area contributed by atoms with E-state index < -0.39 is 0 Å². The number of carbonyl (C=O) groups is 1. The van der Waals surface area contributed by atoms with Crippen molar-refractivity contribution < 1.29 is 4.79 Å². The van der Waals surface area contributed by atoms with Crippen molar-refractivity contribution in [3.05, 3.63) is 32.8 Å². The topological polar surface area (TPSA) is 81.6 Å². The van der Waals surface area contributed by atoms with Gasteiger partial charge in [0.1, 0.15) is 23.1 Å². The van der Waals surface area contributed by atoms with Gasteiger partial charge in [0.2, 0.25) is 5.91 Å². The van der Waals surface area contributed by atoms with Crippen LogP contribution in [0.4, 0.5) is 5.82 Å². The summed E-state index contributed by atoms with van der Waals surface area (Å²) in [5.74, 6) is -0.0107. The van der Waals surface area contributed by atoms with Gasteiger partial charge in [-0.1, -0.05) is 41.7 Å². The number of nitriles is 1. The fourth-order valence-corrected chi connectivity index (χ4v) is 2.30. The lowest BCUT2D eigenvalue weighted by molar-refractivity contribution is -0.115. The average Bonchev–Trinajstić information content (AvgIpc) is 2.87. The number of nitrogens with zero attached hydrogens (tertiary/aromatic N) is 2. The number of anilines is 1. The number of carbonyl (C=O) groups excluding carboxylic acids is 1. The lowest BCUT2D eigenvalue weighted by Crippen LogP contribution is -2.10. The Morgan fingerprint density at radius 1 is 1.38 bits per heavy atom. The van der Waals surface area contributed by atoms with E-state index in [1.54, 1.807) is 19.1 Å². The largest absolute Gasteiger partial charge is 0.310 e. The number of aromatic amines is 1. The van der Waals surface area contributed by atoms with E-state index in [0.717, 1.165) is 0 Å². The second-order valence-electron chi connectivity index (χ2n) is 4.06. The van der Waals surface area contributed by atoms with Gasteiger partial charge < -0.3 is 5.32 Å². The molecule has 1 heterocycles. The van der Waals surface area contributed by atoms with Crippen LogP contribution in [-0.2, 0) is 4.79 Å². The molecule has 0 saturated carbocycles. The standard InChI is InChI=1S/C13H9Cl3N4O/c1-2-9(21)18-13-7(5-17)12(19-20-13)6-3-4-8(14)11(16)10(6)15/h3-4H,2H2,1H3,(H2,18,19,20,21). The van der Waals surface area contributed by atoms with Crippen molar-refractivity contribution in [1.29, 1.82) is 5.26 Å². The van der Waals surface area contributed by atoms with Gasteiger partial charge in [-0.05, 0) is 12.1 Å². The van der Waals surface area contributed by atoms with Crippen LogP contribution in [0, 0.1) is 11.3 Å². The Bertz CT molecular complexity index is 749. The van der Waals surface area contributed by atoms with Crippen LogP contribution in [0.2, 0.25) is 15.1 Å². The molecule has 2 rings (SSSR count). The maximum atomic E-state index is 11.4. The van der Waals surface area contributed by atoms with Gasteiger partial charge in [-0.3, -0.25) is 9.89 Å². The third kappa shape index (κ3) is 2.98. The van der Waals surface area contributed by atoms with Crippen LogP contribution in [0.3, 0.4) is 0 Å². The Hall–Kier alpha value is -1.74. The van der Waals surface area contributed by atoms with E-state index >= 15 is 0 Å². The first-order valence-electron chi connectivity index (χ1n) is 5.91. The highest BCUT2D eigenvalue weighted by Gasteiger charge is 2.20. The molecule has 0 aliphatic rings. The molecule has 5 nitrogen and oxygen atoms in total. The molecule has 108 valence electrons. The number of benzene rings is 1. The van der Waals surface area contributed by atoms with Crippen molar-refractivity contribution in [2.75, 3.05) is 5.32 Å². The monoisotopic (exact) mass is 342 g/mol. The van der Waals surface area contributed by atoms with E-state index in [0.29, 0.717) is 16.3 Å². The maximum Gasteiger partial charge on any atom is 0.225 e. The number of hydrogen-bond donors (Lipinski definition) is 2. The third-order valence-electron chi connectivity index (χ3n) is 2.75. The molecule has 8 heteroatoms. The molecule has 0 unspecified atom stereocenters. The van der Waals surface area contributed by atoms with Crippen LogP contribution < -0.4 is 5.32 Å². The molecule has 1 aromatic heterocycles. The van der Waals surface area contributed by atoms with Crippen LogP contribution in [0.25, 0.3) is 11.3 Å². The maximum absolute atomic E-state index is 11.4. The van der Waals surface area contributed by atoms with Gasteiger partial charge in [0, 0.05) is 12.0 Å². The number of H-pyrrole nitrogens is 1. The molecule has 0 spiro atoms.